The van der Waals surface area contributed by atoms with Gasteiger partial charge in [0.1, 0.15) is 5.82 Å². The summed E-state index contributed by atoms with van der Waals surface area (Å²) in [7, 11) is 0. The highest BCUT2D eigenvalue weighted by Gasteiger charge is 2.08. The van der Waals surface area contributed by atoms with Gasteiger partial charge in [0.25, 0.3) is 0 Å². The maximum Gasteiger partial charge on any atom is 0.303 e. The summed E-state index contributed by atoms with van der Waals surface area (Å²) in [5.41, 5.74) is 0.484. The molecule has 2 N–H and O–H groups in total. The number of hydrogen-bond donors (Lipinski definition) is 2. The molecule has 1 amide bonds. The zero-order valence-electron chi connectivity index (χ0n) is 8.17. The first kappa shape index (κ1) is 12.9. The highest BCUT2D eigenvalue weighted by atomic mass is 127. The lowest BCUT2D eigenvalue weighted by Gasteiger charge is -2.06. The molecule has 0 saturated carbocycles. The molecule has 0 spiro atoms. The molecule has 0 heterocycles. The Morgan fingerprint density at radius 3 is 2.62 bits per heavy atom. The third-order valence-corrected chi connectivity index (χ3v) is 2.66. The van der Waals surface area contributed by atoms with Crippen LogP contribution < -0.4 is 5.32 Å². The molecule has 0 atom stereocenters. The Labute approximate surface area is 105 Å². The van der Waals surface area contributed by atoms with Crippen molar-refractivity contribution in [3.8, 4) is 0 Å². The number of amides is 1. The van der Waals surface area contributed by atoms with Gasteiger partial charge in [-0.15, -0.1) is 0 Å². The van der Waals surface area contributed by atoms with E-state index in [1.54, 1.807) is 0 Å². The molecule has 0 aromatic heterocycles. The van der Waals surface area contributed by atoms with E-state index in [0.29, 0.717) is 9.26 Å². The summed E-state index contributed by atoms with van der Waals surface area (Å²) < 4.78 is 13.3. The van der Waals surface area contributed by atoms with Crippen molar-refractivity contribution in [3.05, 3.63) is 27.6 Å². The van der Waals surface area contributed by atoms with Crippen molar-refractivity contribution in [2.24, 2.45) is 0 Å². The number of rotatable bonds is 4. The summed E-state index contributed by atoms with van der Waals surface area (Å²) in [6, 6.07) is 3.96. The van der Waals surface area contributed by atoms with Gasteiger partial charge in [0.2, 0.25) is 5.91 Å². The van der Waals surface area contributed by atoms with Gasteiger partial charge in [0.15, 0.2) is 0 Å². The van der Waals surface area contributed by atoms with Crippen LogP contribution in [0, 0.1) is 9.39 Å². The van der Waals surface area contributed by atoms with Crippen LogP contribution in [0.25, 0.3) is 0 Å². The van der Waals surface area contributed by atoms with E-state index >= 15 is 0 Å². The molecule has 0 aliphatic rings. The lowest BCUT2D eigenvalue weighted by atomic mass is 10.2. The number of carbonyl (C=O) groups is 2. The minimum absolute atomic E-state index is 0.0945. The predicted molar refractivity (Wildman–Crippen MR) is 64.6 cm³/mol. The second-order valence-corrected chi connectivity index (χ2v) is 4.23. The molecule has 1 aromatic carbocycles. The Morgan fingerprint density at radius 1 is 1.38 bits per heavy atom. The highest BCUT2D eigenvalue weighted by Crippen LogP contribution is 2.19. The second-order valence-electron chi connectivity index (χ2n) is 3.07. The number of anilines is 1. The average molecular weight is 337 g/mol. The van der Waals surface area contributed by atoms with E-state index in [9.17, 15) is 14.0 Å². The molecule has 0 aliphatic carbocycles. The molecule has 6 heteroatoms. The lowest BCUT2D eigenvalue weighted by molar-refractivity contribution is -0.138. The van der Waals surface area contributed by atoms with Crippen LogP contribution in [0.2, 0.25) is 0 Å². The van der Waals surface area contributed by atoms with Gasteiger partial charge in [-0.3, -0.25) is 9.59 Å². The normalized spacial score (nSPS) is 9.88. The first-order valence-electron chi connectivity index (χ1n) is 4.45. The van der Waals surface area contributed by atoms with Crippen LogP contribution in [0.3, 0.4) is 0 Å². The Hall–Kier alpha value is -1.18. The Bertz CT molecular complexity index is 423. The Morgan fingerprint density at radius 2 is 2.06 bits per heavy atom. The zero-order chi connectivity index (χ0) is 12.1. The third-order valence-electron chi connectivity index (χ3n) is 1.77. The van der Waals surface area contributed by atoms with Crippen molar-refractivity contribution in [2.45, 2.75) is 12.8 Å². The number of carboxylic acids is 1. The predicted octanol–water partition coefficient (Wildman–Crippen LogP) is 2.23. The van der Waals surface area contributed by atoms with Gasteiger partial charge in [-0.05, 0) is 40.8 Å². The number of hydrogen-bond acceptors (Lipinski definition) is 2. The van der Waals surface area contributed by atoms with E-state index < -0.39 is 11.9 Å². The quantitative estimate of drug-likeness (QED) is 0.828. The van der Waals surface area contributed by atoms with Crippen LogP contribution in [-0.4, -0.2) is 17.0 Å². The molecule has 0 bridgehead atoms. The largest absolute Gasteiger partial charge is 0.481 e. The second kappa shape index (κ2) is 5.78. The van der Waals surface area contributed by atoms with Gasteiger partial charge < -0.3 is 10.4 Å². The maximum atomic E-state index is 12.7. The number of halogens is 2. The summed E-state index contributed by atoms with van der Waals surface area (Å²) >= 11 is 1.89. The lowest BCUT2D eigenvalue weighted by Crippen LogP contribution is -2.14. The van der Waals surface area contributed by atoms with E-state index in [-0.39, 0.29) is 18.7 Å². The van der Waals surface area contributed by atoms with Gasteiger partial charge in [0, 0.05) is 9.99 Å². The monoisotopic (exact) mass is 337 g/mol. The van der Waals surface area contributed by atoms with Crippen LogP contribution in [0.5, 0.6) is 0 Å². The van der Waals surface area contributed by atoms with Gasteiger partial charge in [-0.25, -0.2) is 4.39 Å². The number of carboxylic acid groups (broad SMARTS) is 1. The Kier molecular flexibility index (Phi) is 4.66. The summed E-state index contributed by atoms with van der Waals surface area (Å²) in [5, 5.41) is 10.9. The fourth-order valence-electron chi connectivity index (χ4n) is 1.02. The van der Waals surface area contributed by atoms with Crippen molar-refractivity contribution >= 4 is 40.2 Å². The SMILES string of the molecule is O=C(O)CCC(=O)Nc1ccc(F)cc1I. The van der Waals surface area contributed by atoms with Gasteiger partial charge in [-0.2, -0.15) is 0 Å². The number of benzene rings is 1. The van der Waals surface area contributed by atoms with Crippen LogP contribution in [0.15, 0.2) is 18.2 Å². The molecule has 86 valence electrons. The van der Waals surface area contributed by atoms with Crippen molar-refractivity contribution in [1.29, 1.82) is 0 Å². The van der Waals surface area contributed by atoms with Gasteiger partial charge >= 0.3 is 5.97 Å². The topological polar surface area (TPSA) is 66.4 Å². The third kappa shape index (κ3) is 4.13. The minimum Gasteiger partial charge on any atom is -0.481 e. The average Bonchev–Trinajstić information content (AvgIpc) is 2.19. The number of aliphatic carboxylic acids is 1. The molecule has 0 saturated heterocycles. The Balaban J connectivity index is 2.59. The molecule has 0 fully saturated rings. The van der Waals surface area contributed by atoms with Crippen molar-refractivity contribution < 1.29 is 19.1 Å². The van der Waals surface area contributed by atoms with Crippen LogP contribution in [0.4, 0.5) is 10.1 Å². The molecule has 4 nitrogen and oxygen atoms in total. The van der Waals surface area contributed by atoms with Crippen LogP contribution in [0.1, 0.15) is 12.8 Å². The number of carbonyl (C=O) groups excluding carboxylic acids is 1. The maximum absolute atomic E-state index is 12.7. The summed E-state index contributed by atoms with van der Waals surface area (Å²) in [6.07, 6.45) is -0.313. The van der Waals surface area contributed by atoms with E-state index in [1.807, 2.05) is 22.6 Å². The smallest absolute Gasteiger partial charge is 0.303 e. The molecule has 16 heavy (non-hydrogen) atoms. The molecule has 1 aromatic rings. The van der Waals surface area contributed by atoms with Crippen LogP contribution in [-0.2, 0) is 9.59 Å². The van der Waals surface area contributed by atoms with Gasteiger partial charge in [0.05, 0.1) is 12.1 Å². The van der Waals surface area contributed by atoms with E-state index in [4.69, 9.17) is 5.11 Å². The summed E-state index contributed by atoms with van der Waals surface area (Å²) in [4.78, 5) is 21.5. The summed E-state index contributed by atoms with van der Waals surface area (Å²) in [6.45, 7) is 0. The fourth-order valence-corrected chi connectivity index (χ4v) is 1.64. The minimum atomic E-state index is -1.02. The van der Waals surface area contributed by atoms with Crippen LogP contribution >= 0.6 is 22.6 Å². The zero-order valence-corrected chi connectivity index (χ0v) is 10.3. The van der Waals surface area contributed by atoms with Crippen molar-refractivity contribution in [3.63, 3.8) is 0 Å². The van der Waals surface area contributed by atoms with E-state index in [1.165, 1.54) is 18.2 Å². The molecular weight excluding hydrogens is 328 g/mol. The summed E-state index contributed by atoms with van der Waals surface area (Å²) in [5.74, 6) is -1.80. The number of nitrogens with one attached hydrogen (secondary N) is 1. The van der Waals surface area contributed by atoms with Gasteiger partial charge in [-0.1, -0.05) is 0 Å². The molecule has 0 unspecified atom stereocenters. The van der Waals surface area contributed by atoms with E-state index in [0.717, 1.165) is 0 Å². The first-order chi connectivity index (χ1) is 7.49. The van der Waals surface area contributed by atoms with Crippen molar-refractivity contribution in [1.82, 2.24) is 0 Å². The molecule has 0 radical (unpaired) electrons. The van der Waals surface area contributed by atoms with Crippen molar-refractivity contribution in [2.75, 3.05) is 5.32 Å². The fraction of sp³-hybridized carbons (Fsp3) is 0.200. The standard InChI is InChI=1S/C10H9FINO3/c11-6-1-2-8(7(12)5-6)13-9(14)3-4-10(15)16/h1-2,5H,3-4H2,(H,13,14)(H,15,16). The molecule has 1 rings (SSSR count). The molecular formula is C10H9FINO3. The highest BCUT2D eigenvalue weighted by molar-refractivity contribution is 14.1. The first-order valence-corrected chi connectivity index (χ1v) is 5.53. The van der Waals surface area contributed by atoms with E-state index in [2.05, 4.69) is 5.32 Å². The molecule has 0 aliphatic heterocycles.